The highest BCUT2D eigenvalue weighted by Gasteiger charge is 2.32. The minimum atomic E-state index is -4.55. The Bertz CT molecular complexity index is 973. The first-order chi connectivity index (χ1) is 12.7. The zero-order valence-corrected chi connectivity index (χ0v) is 15.6. The number of pyridine rings is 1. The lowest BCUT2D eigenvalue weighted by Crippen LogP contribution is -2.24. The molecule has 1 amide bonds. The molecule has 0 aliphatic rings. The first kappa shape index (κ1) is 19.5. The zero-order chi connectivity index (χ0) is 19.6. The van der Waals surface area contributed by atoms with E-state index in [9.17, 15) is 18.0 Å². The first-order valence-electron chi connectivity index (χ1n) is 7.80. The third kappa shape index (κ3) is 4.72. The molecule has 0 saturated carbocycles. The van der Waals surface area contributed by atoms with Crippen LogP contribution in [0.15, 0.2) is 41.7 Å². The molecule has 5 nitrogen and oxygen atoms in total. The molecule has 142 valence electrons. The lowest BCUT2D eigenvalue weighted by atomic mass is 10.1. The molecule has 0 unspecified atom stereocenters. The Morgan fingerprint density at radius 1 is 1.26 bits per heavy atom. The Kier molecular flexibility index (Phi) is 5.61. The van der Waals surface area contributed by atoms with Crippen LogP contribution in [0.2, 0.25) is 5.02 Å². The zero-order valence-electron chi connectivity index (χ0n) is 14.0. The molecule has 10 heteroatoms. The fraction of sp³-hybridized carbons (Fsp3) is 0.235. The number of amides is 1. The molecule has 0 bridgehead atoms. The van der Waals surface area contributed by atoms with E-state index >= 15 is 0 Å². The molecule has 0 saturated heterocycles. The van der Waals surface area contributed by atoms with Crippen molar-refractivity contribution in [2.24, 2.45) is 0 Å². The van der Waals surface area contributed by atoms with Gasteiger partial charge in [-0.3, -0.25) is 9.20 Å². The van der Waals surface area contributed by atoms with Crippen molar-refractivity contribution in [2.75, 3.05) is 5.75 Å². The maximum absolute atomic E-state index is 13.0. The average molecular weight is 415 g/mol. The van der Waals surface area contributed by atoms with E-state index in [2.05, 4.69) is 15.5 Å². The molecule has 0 spiro atoms. The monoisotopic (exact) mass is 414 g/mol. The van der Waals surface area contributed by atoms with Gasteiger partial charge in [-0.25, -0.2) is 0 Å². The second-order valence-electron chi connectivity index (χ2n) is 5.80. The van der Waals surface area contributed by atoms with Crippen LogP contribution in [0.4, 0.5) is 13.2 Å². The van der Waals surface area contributed by atoms with Gasteiger partial charge in [0, 0.05) is 12.7 Å². The Morgan fingerprint density at radius 3 is 2.63 bits per heavy atom. The van der Waals surface area contributed by atoms with Gasteiger partial charge in [0.2, 0.25) is 5.91 Å². The predicted molar refractivity (Wildman–Crippen MR) is 96.7 cm³/mol. The third-order valence-electron chi connectivity index (χ3n) is 3.70. The molecule has 3 rings (SSSR count). The minimum absolute atomic E-state index is 0.0134. The van der Waals surface area contributed by atoms with Crippen LogP contribution >= 0.6 is 23.4 Å². The molecule has 1 N–H and O–H groups in total. The van der Waals surface area contributed by atoms with E-state index in [0.717, 1.165) is 39.6 Å². The fourth-order valence-corrected chi connectivity index (χ4v) is 3.26. The molecule has 3 aromatic rings. The molecule has 0 aliphatic carbocycles. The van der Waals surface area contributed by atoms with Crippen molar-refractivity contribution in [2.45, 2.75) is 24.8 Å². The van der Waals surface area contributed by atoms with Gasteiger partial charge in [-0.15, -0.1) is 10.2 Å². The summed E-state index contributed by atoms with van der Waals surface area (Å²) in [6.07, 6.45) is -3.68. The first-order valence-corrected chi connectivity index (χ1v) is 9.17. The Balaban J connectivity index is 1.66. The van der Waals surface area contributed by atoms with Gasteiger partial charge >= 0.3 is 6.18 Å². The van der Waals surface area contributed by atoms with E-state index in [1.807, 2.05) is 31.2 Å². The van der Waals surface area contributed by atoms with Gasteiger partial charge in [0.05, 0.1) is 16.3 Å². The highest BCUT2D eigenvalue weighted by Crippen LogP contribution is 2.33. The van der Waals surface area contributed by atoms with E-state index in [4.69, 9.17) is 11.6 Å². The lowest BCUT2D eigenvalue weighted by Gasteiger charge is -2.09. The quantitative estimate of drug-likeness (QED) is 0.638. The number of halogens is 4. The molecule has 2 aromatic heterocycles. The van der Waals surface area contributed by atoms with E-state index in [1.165, 1.54) is 0 Å². The smallest absolute Gasteiger partial charge is 0.351 e. The largest absolute Gasteiger partial charge is 0.417 e. The van der Waals surface area contributed by atoms with Crippen molar-refractivity contribution in [1.29, 1.82) is 0 Å². The summed E-state index contributed by atoms with van der Waals surface area (Å²) < 4.78 is 40.0. The summed E-state index contributed by atoms with van der Waals surface area (Å²) in [5, 5.41) is 10.4. The van der Waals surface area contributed by atoms with Crippen LogP contribution in [0.25, 0.3) is 5.65 Å². The minimum Gasteiger partial charge on any atom is -0.351 e. The van der Waals surface area contributed by atoms with Gasteiger partial charge in [-0.1, -0.05) is 53.2 Å². The van der Waals surface area contributed by atoms with Crippen molar-refractivity contribution in [3.8, 4) is 0 Å². The van der Waals surface area contributed by atoms with Crippen LogP contribution < -0.4 is 5.32 Å². The predicted octanol–water partition coefficient (Wildman–Crippen LogP) is 4.12. The summed E-state index contributed by atoms with van der Waals surface area (Å²) in [7, 11) is 0. The maximum atomic E-state index is 13.0. The average Bonchev–Trinajstić information content (AvgIpc) is 3.02. The highest BCUT2D eigenvalue weighted by atomic mass is 35.5. The molecular weight excluding hydrogens is 401 g/mol. The van der Waals surface area contributed by atoms with Crippen LogP contribution in [-0.4, -0.2) is 26.3 Å². The topological polar surface area (TPSA) is 59.3 Å². The highest BCUT2D eigenvalue weighted by molar-refractivity contribution is 7.99. The number of nitrogens with one attached hydrogen (secondary N) is 1. The molecule has 0 aliphatic heterocycles. The van der Waals surface area contributed by atoms with Crippen LogP contribution in [0, 0.1) is 6.92 Å². The molecule has 0 atom stereocenters. The summed E-state index contributed by atoms with van der Waals surface area (Å²) >= 11 is 6.84. The summed E-state index contributed by atoms with van der Waals surface area (Å²) in [6, 6.07) is 8.51. The molecule has 0 fully saturated rings. The number of carbonyl (C=O) groups excluding carboxylic acids is 1. The van der Waals surface area contributed by atoms with Gasteiger partial charge in [0.1, 0.15) is 0 Å². The number of thioether (sulfide) groups is 1. The lowest BCUT2D eigenvalue weighted by molar-refractivity contribution is -0.137. The molecule has 27 heavy (non-hydrogen) atoms. The maximum Gasteiger partial charge on any atom is 0.417 e. The van der Waals surface area contributed by atoms with Gasteiger partial charge in [0.25, 0.3) is 0 Å². The number of nitrogens with zero attached hydrogens (tertiary/aromatic N) is 3. The Labute approximate surface area is 161 Å². The number of hydrogen-bond acceptors (Lipinski definition) is 4. The second-order valence-corrected chi connectivity index (χ2v) is 7.15. The summed E-state index contributed by atoms with van der Waals surface area (Å²) in [5.41, 5.74) is 1.27. The number of carbonyl (C=O) groups is 1. The van der Waals surface area contributed by atoms with Gasteiger partial charge in [0.15, 0.2) is 10.8 Å². The number of aryl methyl sites for hydroxylation is 1. The standard InChI is InChI=1S/C17H14ClF3N4OS/c1-10-2-4-11(5-3-10)7-22-14(26)9-27-16-24-23-15-13(18)6-12(8-25(15)16)17(19,20)21/h2-6,8H,7,9H2,1H3,(H,22,26). The number of fused-ring (bicyclic) bond motifs is 1. The fourth-order valence-electron chi connectivity index (χ4n) is 2.27. The molecule has 2 heterocycles. The van der Waals surface area contributed by atoms with E-state index in [0.29, 0.717) is 6.54 Å². The summed E-state index contributed by atoms with van der Waals surface area (Å²) in [4.78, 5) is 12.0. The van der Waals surface area contributed by atoms with E-state index < -0.39 is 11.7 Å². The van der Waals surface area contributed by atoms with Crippen LogP contribution in [0.5, 0.6) is 0 Å². The molecule has 1 aromatic carbocycles. The Morgan fingerprint density at radius 2 is 1.96 bits per heavy atom. The van der Waals surface area contributed by atoms with E-state index in [-0.39, 0.29) is 27.5 Å². The number of hydrogen-bond donors (Lipinski definition) is 1. The normalized spacial score (nSPS) is 11.7. The van der Waals surface area contributed by atoms with Crippen molar-refractivity contribution in [3.05, 3.63) is 58.2 Å². The molecular formula is C17H14ClF3N4OS. The van der Waals surface area contributed by atoms with E-state index in [1.54, 1.807) is 0 Å². The van der Waals surface area contributed by atoms with Crippen molar-refractivity contribution in [1.82, 2.24) is 19.9 Å². The molecule has 0 radical (unpaired) electrons. The van der Waals surface area contributed by atoms with Gasteiger partial charge < -0.3 is 5.32 Å². The number of aromatic nitrogens is 3. The van der Waals surface area contributed by atoms with Gasteiger partial charge in [-0.05, 0) is 18.6 Å². The Hall–Kier alpha value is -2.26. The second kappa shape index (κ2) is 7.77. The van der Waals surface area contributed by atoms with Crippen molar-refractivity contribution in [3.63, 3.8) is 0 Å². The number of alkyl halides is 3. The van der Waals surface area contributed by atoms with Crippen LogP contribution in [-0.2, 0) is 17.5 Å². The van der Waals surface area contributed by atoms with Crippen LogP contribution in [0.3, 0.4) is 0 Å². The van der Waals surface area contributed by atoms with Crippen molar-refractivity contribution >= 4 is 34.9 Å². The van der Waals surface area contributed by atoms with Crippen molar-refractivity contribution < 1.29 is 18.0 Å². The van der Waals surface area contributed by atoms with Gasteiger partial charge in [-0.2, -0.15) is 13.2 Å². The summed E-state index contributed by atoms with van der Waals surface area (Å²) in [5.74, 6) is -0.282. The number of rotatable bonds is 5. The number of benzene rings is 1. The SMILES string of the molecule is Cc1ccc(CNC(=O)CSc2nnc3c(Cl)cc(C(F)(F)F)cn23)cc1. The van der Waals surface area contributed by atoms with Crippen LogP contribution in [0.1, 0.15) is 16.7 Å². The third-order valence-corrected chi connectivity index (χ3v) is 4.92. The summed E-state index contributed by atoms with van der Waals surface area (Å²) in [6.45, 7) is 2.34.